The molecule has 0 aliphatic carbocycles. The number of hydrogen-bond donors (Lipinski definition) is 2. The summed E-state index contributed by atoms with van der Waals surface area (Å²) in [6.07, 6.45) is 0. The van der Waals surface area contributed by atoms with Crippen molar-refractivity contribution in [1.82, 2.24) is 4.72 Å². The third kappa shape index (κ3) is 2.20. The van der Waals surface area contributed by atoms with E-state index in [2.05, 4.69) is 20.7 Å². The Morgan fingerprint density at radius 2 is 2.08 bits per heavy atom. The predicted octanol–water partition coefficient (Wildman–Crippen LogP) is 0.939. The minimum absolute atomic E-state index is 0.0874. The molecule has 0 heterocycles. The molecule has 0 atom stereocenters. The van der Waals surface area contributed by atoms with Gasteiger partial charge in [-0.05, 0) is 25.2 Å². The van der Waals surface area contributed by atoms with Crippen molar-refractivity contribution in [3.05, 3.63) is 22.7 Å². The number of nitrogen functional groups attached to an aromatic ring is 1. The van der Waals surface area contributed by atoms with Crippen molar-refractivity contribution in [2.24, 2.45) is 0 Å². The van der Waals surface area contributed by atoms with Crippen molar-refractivity contribution in [3.63, 3.8) is 0 Å². The molecule has 0 spiro atoms. The van der Waals surface area contributed by atoms with Crippen LogP contribution in [0.5, 0.6) is 0 Å². The molecule has 0 aliphatic rings. The second-order valence-electron chi connectivity index (χ2n) is 2.39. The summed E-state index contributed by atoms with van der Waals surface area (Å²) in [6.45, 7) is 0. The van der Waals surface area contributed by atoms with E-state index in [1.54, 1.807) is 6.07 Å². The molecule has 0 aromatic heterocycles. The van der Waals surface area contributed by atoms with Crippen molar-refractivity contribution in [3.8, 4) is 0 Å². The van der Waals surface area contributed by atoms with Gasteiger partial charge in [0.15, 0.2) is 0 Å². The van der Waals surface area contributed by atoms with E-state index in [0.717, 1.165) is 0 Å². The first-order valence-corrected chi connectivity index (χ1v) is 5.73. The zero-order valence-electron chi connectivity index (χ0n) is 6.91. The topological polar surface area (TPSA) is 72.2 Å². The fourth-order valence-electron chi connectivity index (χ4n) is 0.851. The zero-order valence-corrected chi connectivity index (χ0v) is 9.31. The Kier molecular flexibility index (Phi) is 2.94. The van der Waals surface area contributed by atoms with Gasteiger partial charge in [-0.25, -0.2) is 13.1 Å². The molecule has 0 unspecified atom stereocenters. The van der Waals surface area contributed by atoms with Gasteiger partial charge in [-0.1, -0.05) is 15.9 Å². The van der Waals surface area contributed by atoms with Gasteiger partial charge in [0.1, 0.15) is 4.90 Å². The maximum Gasteiger partial charge on any atom is 0.242 e. The molecule has 0 aliphatic heterocycles. The van der Waals surface area contributed by atoms with E-state index in [4.69, 9.17) is 5.73 Å². The number of nitrogens with two attached hydrogens (primary N) is 1. The lowest BCUT2D eigenvalue weighted by Gasteiger charge is -2.05. The van der Waals surface area contributed by atoms with E-state index in [1.165, 1.54) is 19.2 Å². The SMILES string of the molecule is CNS(=O)(=O)c1cc(Br)ccc1N. The summed E-state index contributed by atoms with van der Waals surface area (Å²) in [6, 6.07) is 4.68. The molecule has 4 nitrogen and oxygen atoms in total. The highest BCUT2D eigenvalue weighted by molar-refractivity contribution is 9.10. The quantitative estimate of drug-likeness (QED) is 0.781. The summed E-state index contributed by atoms with van der Waals surface area (Å²) in [7, 11) is -2.11. The summed E-state index contributed by atoms with van der Waals surface area (Å²) < 4.78 is 25.6. The second kappa shape index (κ2) is 3.65. The highest BCUT2D eigenvalue weighted by Crippen LogP contribution is 2.22. The first-order chi connectivity index (χ1) is 5.97. The van der Waals surface area contributed by atoms with Gasteiger partial charge in [0.25, 0.3) is 0 Å². The lowest BCUT2D eigenvalue weighted by atomic mass is 10.3. The minimum Gasteiger partial charge on any atom is -0.398 e. The van der Waals surface area contributed by atoms with Crippen molar-refractivity contribution in [2.45, 2.75) is 4.90 Å². The van der Waals surface area contributed by atoms with Crippen molar-refractivity contribution >= 4 is 31.6 Å². The van der Waals surface area contributed by atoms with Crippen LogP contribution in [0.3, 0.4) is 0 Å². The van der Waals surface area contributed by atoms with Gasteiger partial charge in [0.2, 0.25) is 10.0 Å². The number of benzene rings is 1. The fourth-order valence-corrected chi connectivity index (χ4v) is 2.24. The molecule has 0 radical (unpaired) electrons. The molecule has 3 N–H and O–H groups in total. The Morgan fingerprint density at radius 3 is 2.62 bits per heavy atom. The van der Waals surface area contributed by atoms with Crippen LogP contribution < -0.4 is 10.5 Å². The van der Waals surface area contributed by atoms with Crippen LogP contribution in [-0.4, -0.2) is 15.5 Å². The second-order valence-corrected chi connectivity index (χ2v) is 5.16. The molecular formula is C7H9BrN2O2S. The van der Waals surface area contributed by atoms with Crippen molar-refractivity contribution in [1.29, 1.82) is 0 Å². The molecule has 6 heteroatoms. The third-order valence-corrected chi connectivity index (χ3v) is 3.50. The Balaban J connectivity index is 3.38. The van der Waals surface area contributed by atoms with Gasteiger partial charge in [-0.15, -0.1) is 0 Å². The van der Waals surface area contributed by atoms with Gasteiger partial charge in [0.05, 0.1) is 5.69 Å². The summed E-state index contributed by atoms with van der Waals surface area (Å²) in [5, 5.41) is 0. The molecular weight excluding hydrogens is 256 g/mol. The van der Waals surface area contributed by atoms with Crippen LogP contribution in [0.2, 0.25) is 0 Å². The van der Waals surface area contributed by atoms with E-state index >= 15 is 0 Å². The van der Waals surface area contributed by atoms with Crippen molar-refractivity contribution < 1.29 is 8.42 Å². The lowest BCUT2D eigenvalue weighted by Crippen LogP contribution is -2.19. The maximum atomic E-state index is 11.4. The average Bonchev–Trinajstić information content (AvgIpc) is 2.09. The molecule has 0 saturated heterocycles. The van der Waals surface area contributed by atoms with Crippen LogP contribution in [0, 0.1) is 0 Å². The summed E-state index contributed by atoms with van der Waals surface area (Å²) >= 11 is 3.17. The van der Waals surface area contributed by atoms with Crippen LogP contribution in [-0.2, 0) is 10.0 Å². The molecule has 72 valence electrons. The lowest BCUT2D eigenvalue weighted by molar-refractivity contribution is 0.588. The molecule has 0 amide bonds. The normalized spacial score (nSPS) is 11.5. The summed E-state index contributed by atoms with van der Waals surface area (Å²) in [5.74, 6) is 0. The van der Waals surface area contributed by atoms with Gasteiger partial charge >= 0.3 is 0 Å². The Labute approximate surface area is 85.3 Å². The summed E-state index contributed by atoms with van der Waals surface area (Å²) in [4.78, 5) is 0.0874. The highest BCUT2D eigenvalue weighted by atomic mass is 79.9. The smallest absolute Gasteiger partial charge is 0.242 e. The molecule has 0 fully saturated rings. The van der Waals surface area contributed by atoms with E-state index in [1.807, 2.05) is 0 Å². The Bertz CT molecular complexity index is 417. The third-order valence-electron chi connectivity index (χ3n) is 1.53. The van der Waals surface area contributed by atoms with Crippen LogP contribution in [0.1, 0.15) is 0 Å². The van der Waals surface area contributed by atoms with E-state index in [0.29, 0.717) is 4.47 Å². The number of anilines is 1. The number of sulfonamides is 1. The van der Waals surface area contributed by atoms with Gasteiger partial charge < -0.3 is 5.73 Å². The first-order valence-electron chi connectivity index (χ1n) is 3.46. The van der Waals surface area contributed by atoms with Crippen LogP contribution >= 0.6 is 15.9 Å². The van der Waals surface area contributed by atoms with E-state index in [9.17, 15) is 8.42 Å². The molecule has 1 aromatic rings. The van der Waals surface area contributed by atoms with Crippen LogP contribution in [0.25, 0.3) is 0 Å². The van der Waals surface area contributed by atoms with Gasteiger partial charge in [0, 0.05) is 4.47 Å². The number of rotatable bonds is 2. The molecule has 1 aromatic carbocycles. The molecule has 1 rings (SSSR count). The number of nitrogens with one attached hydrogen (secondary N) is 1. The Morgan fingerprint density at radius 1 is 1.46 bits per heavy atom. The number of halogens is 1. The van der Waals surface area contributed by atoms with Crippen LogP contribution in [0.15, 0.2) is 27.6 Å². The van der Waals surface area contributed by atoms with Gasteiger partial charge in [-0.2, -0.15) is 0 Å². The highest BCUT2D eigenvalue weighted by Gasteiger charge is 2.14. The standard InChI is InChI=1S/C7H9BrN2O2S/c1-10-13(11,12)7-4-5(8)2-3-6(7)9/h2-4,10H,9H2,1H3. The number of hydrogen-bond acceptors (Lipinski definition) is 3. The Hall–Kier alpha value is -0.590. The molecule has 0 bridgehead atoms. The largest absolute Gasteiger partial charge is 0.398 e. The first kappa shape index (κ1) is 10.5. The van der Waals surface area contributed by atoms with Crippen LogP contribution in [0.4, 0.5) is 5.69 Å². The molecule has 13 heavy (non-hydrogen) atoms. The minimum atomic E-state index is -3.46. The van der Waals surface area contributed by atoms with E-state index in [-0.39, 0.29) is 10.6 Å². The fraction of sp³-hybridized carbons (Fsp3) is 0.143. The monoisotopic (exact) mass is 264 g/mol. The molecule has 0 saturated carbocycles. The average molecular weight is 265 g/mol. The van der Waals surface area contributed by atoms with Crippen molar-refractivity contribution in [2.75, 3.05) is 12.8 Å². The van der Waals surface area contributed by atoms with Gasteiger partial charge in [-0.3, -0.25) is 0 Å². The maximum absolute atomic E-state index is 11.4. The predicted molar refractivity (Wildman–Crippen MR) is 54.8 cm³/mol. The zero-order chi connectivity index (χ0) is 10.1. The summed E-state index contributed by atoms with van der Waals surface area (Å²) in [5.41, 5.74) is 5.74. The van der Waals surface area contributed by atoms with E-state index < -0.39 is 10.0 Å².